The van der Waals surface area contributed by atoms with E-state index in [4.69, 9.17) is 9.15 Å². The van der Waals surface area contributed by atoms with Gasteiger partial charge >= 0.3 is 0 Å². The lowest BCUT2D eigenvalue weighted by Gasteiger charge is -2.12. The predicted molar refractivity (Wildman–Crippen MR) is 81.1 cm³/mol. The van der Waals surface area contributed by atoms with Crippen molar-refractivity contribution in [3.05, 3.63) is 45.4 Å². The average Bonchev–Trinajstić information content (AvgIpc) is 2.75. The summed E-state index contributed by atoms with van der Waals surface area (Å²) in [5.41, 5.74) is 2.19. The fourth-order valence-corrected chi connectivity index (χ4v) is 2.14. The quantitative estimate of drug-likeness (QED) is 0.815. The minimum absolute atomic E-state index is 0.659. The first-order valence-corrected chi connectivity index (χ1v) is 6.98. The number of rotatable bonds is 5. The molecule has 0 amide bonds. The van der Waals surface area contributed by atoms with E-state index in [2.05, 4.69) is 40.9 Å². The lowest BCUT2D eigenvalue weighted by atomic mass is 10.2. The third-order valence-corrected chi connectivity index (χ3v) is 3.10. The Kier molecular flexibility index (Phi) is 4.52. The van der Waals surface area contributed by atoms with Crippen LogP contribution in [-0.2, 0) is 6.54 Å². The fourth-order valence-electron chi connectivity index (χ4n) is 1.68. The molecule has 0 bridgehead atoms. The van der Waals surface area contributed by atoms with Gasteiger partial charge in [-0.15, -0.1) is 0 Å². The van der Waals surface area contributed by atoms with Crippen molar-refractivity contribution in [2.24, 2.45) is 0 Å². The largest absolute Gasteiger partial charge is 0.492 e. The second-order valence-electron chi connectivity index (χ2n) is 3.99. The van der Waals surface area contributed by atoms with Crippen molar-refractivity contribution in [3.63, 3.8) is 0 Å². The molecule has 0 aliphatic carbocycles. The molecule has 0 aliphatic rings. The summed E-state index contributed by atoms with van der Waals surface area (Å²) in [6, 6.07) is 10.1. The van der Waals surface area contributed by atoms with Crippen molar-refractivity contribution in [3.8, 4) is 5.75 Å². The lowest BCUT2D eigenvalue weighted by Crippen LogP contribution is -2.02. The van der Waals surface area contributed by atoms with Gasteiger partial charge in [-0.3, -0.25) is 0 Å². The summed E-state index contributed by atoms with van der Waals surface area (Å²) in [6.45, 7) is 5.37. The number of furan rings is 1. The third-order valence-electron chi connectivity index (χ3n) is 2.52. The van der Waals surface area contributed by atoms with Crippen molar-refractivity contribution in [2.45, 2.75) is 20.4 Å². The molecule has 18 heavy (non-hydrogen) atoms. The number of halogens is 1. The van der Waals surface area contributed by atoms with Crippen molar-refractivity contribution in [1.29, 1.82) is 0 Å². The van der Waals surface area contributed by atoms with Gasteiger partial charge in [0.05, 0.1) is 18.8 Å². The summed E-state index contributed by atoms with van der Waals surface area (Å²) in [5, 5.41) is 3.33. The van der Waals surface area contributed by atoms with Gasteiger partial charge in [0.1, 0.15) is 11.5 Å². The van der Waals surface area contributed by atoms with E-state index >= 15 is 0 Å². The van der Waals surface area contributed by atoms with Gasteiger partial charge < -0.3 is 14.5 Å². The van der Waals surface area contributed by atoms with Gasteiger partial charge in [0, 0.05) is 0 Å². The number of aryl methyl sites for hydroxylation is 1. The number of benzene rings is 1. The highest BCUT2D eigenvalue weighted by molar-refractivity contribution is 14.1. The maximum atomic E-state index is 5.62. The summed E-state index contributed by atoms with van der Waals surface area (Å²) in [6.07, 6.45) is 0. The third kappa shape index (κ3) is 3.41. The van der Waals surface area contributed by atoms with E-state index in [-0.39, 0.29) is 0 Å². The Labute approximate surface area is 121 Å². The molecule has 1 heterocycles. The van der Waals surface area contributed by atoms with Gasteiger partial charge in [0.25, 0.3) is 0 Å². The second kappa shape index (κ2) is 6.13. The van der Waals surface area contributed by atoms with E-state index in [1.54, 1.807) is 0 Å². The molecule has 0 spiro atoms. The van der Waals surface area contributed by atoms with Crippen LogP contribution in [0.3, 0.4) is 0 Å². The maximum Gasteiger partial charge on any atom is 0.164 e. The molecule has 0 aliphatic heterocycles. The van der Waals surface area contributed by atoms with Gasteiger partial charge in [-0.2, -0.15) is 0 Å². The molecule has 96 valence electrons. The lowest BCUT2D eigenvalue weighted by molar-refractivity contribution is 0.341. The molecule has 0 radical (unpaired) electrons. The van der Waals surface area contributed by atoms with Gasteiger partial charge in [-0.25, -0.2) is 0 Å². The molecule has 0 atom stereocenters. The van der Waals surface area contributed by atoms with Crippen LogP contribution in [0.25, 0.3) is 0 Å². The van der Waals surface area contributed by atoms with Crippen LogP contribution in [0.1, 0.15) is 18.2 Å². The van der Waals surface area contributed by atoms with Crippen molar-refractivity contribution >= 4 is 28.3 Å². The van der Waals surface area contributed by atoms with E-state index in [0.717, 1.165) is 21.0 Å². The first-order valence-electron chi connectivity index (χ1n) is 5.90. The van der Waals surface area contributed by atoms with Crippen LogP contribution in [0.2, 0.25) is 0 Å². The van der Waals surface area contributed by atoms with E-state index in [1.807, 2.05) is 31.2 Å². The number of nitrogens with one attached hydrogen (secondary N) is 1. The van der Waals surface area contributed by atoms with Crippen LogP contribution >= 0.6 is 22.6 Å². The SMILES string of the molecule is CCOc1cc(C)ccc1NCc1ccc(I)o1. The Hall–Kier alpha value is -1.17. The normalized spacial score (nSPS) is 10.4. The second-order valence-corrected chi connectivity index (χ2v) is 5.06. The van der Waals surface area contributed by atoms with Gasteiger partial charge in [0.2, 0.25) is 0 Å². The van der Waals surface area contributed by atoms with Crippen molar-refractivity contribution in [1.82, 2.24) is 0 Å². The molecule has 2 aromatic rings. The molecule has 2 rings (SSSR count). The van der Waals surface area contributed by atoms with Gasteiger partial charge in [-0.05, 0) is 66.3 Å². The Morgan fingerprint density at radius 1 is 1.28 bits per heavy atom. The predicted octanol–water partition coefficient (Wildman–Crippen LogP) is 4.20. The van der Waals surface area contributed by atoms with Crippen LogP contribution in [-0.4, -0.2) is 6.61 Å². The molecule has 0 unspecified atom stereocenters. The monoisotopic (exact) mass is 357 g/mol. The highest BCUT2D eigenvalue weighted by Gasteiger charge is 2.05. The Morgan fingerprint density at radius 2 is 2.11 bits per heavy atom. The summed E-state index contributed by atoms with van der Waals surface area (Å²) >= 11 is 2.16. The molecular formula is C14H16INO2. The van der Waals surface area contributed by atoms with Gasteiger partial charge in [0.15, 0.2) is 3.77 Å². The Bertz CT molecular complexity index is 522. The summed E-state index contributed by atoms with van der Waals surface area (Å²) in [4.78, 5) is 0. The van der Waals surface area contributed by atoms with E-state index in [1.165, 1.54) is 5.56 Å². The Morgan fingerprint density at radius 3 is 2.78 bits per heavy atom. The van der Waals surface area contributed by atoms with Crippen molar-refractivity contribution < 1.29 is 9.15 Å². The van der Waals surface area contributed by atoms with E-state index in [9.17, 15) is 0 Å². The van der Waals surface area contributed by atoms with E-state index in [0.29, 0.717) is 13.2 Å². The molecule has 0 fully saturated rings. The van der Waals surface area contributed by atoms with Crippen molar-refractivity contribution in [2.75, 3.05) is 11.9 Å². The first-order chi connectivity index (χ1) is 8.69. The first kappa shape index (κ1) is 13.3. The van der Waals surface area contributed by atoms with Crippen LogP contribution in [0.5, 0.6) is 5.75 Å². The van der Waals surface area contributed by atoms with Crippen LogP contribution in [0.4, 0.5) is 5.69 Å². The topological polar surface area (TPSA) is 34.4 Å². The van der Waals surface area contributed by atoms with Crippen LogP contribution in [0, 0.1) is 10.7 Å². The smallest absolute Gasteiger partial charge is 0.164 e. The highest BCUT2D eigenvalue weighted by atomic mass is 127. The van der Waals surface area contributed by atoms with Gasteiger partial charge in [-0.1, -0.05) is 6.07 Å². The standard InChI is InChI=1S/C14H16INO2/c1-3-17-13-8-10(2)4-6-12(13)16-9-11-5-7-14(15)18-11/h4-8,16H,3,9H2,1-2H3. The molecule has 1 aromatic carbocycles. The zero-order chi connectivity index (χ0) is 13.0. The highest BCUT2D eigenvalue weighted by Crippen LogP contribution is 2.26. The number of hydrogen-bond acceptors (Lipinski definition) is 3. The maximum absolute atomic E-state index is 5.62. The average molecular weight is 357 g/mol. The summed E-state index contributed by atoms with van der Waals surface area (Å²) < 4.78 is 12.0. The zero-order valence-corrected chi connectivity index (χ0v) is 12.7. The minimum atomic E-state index is 0.659. The van der Waals surface area contributed by atoms with Crippen LogP contribution in [0.15, 0.2) is 34.7 Å². The number of hydrogen-bond donors (Lipinski definition) is 1. The zero-order valence-electron chi connectivity index (χ0n) is 10.5. The molecule has 0 saturated carbocycles. The summed E-state index contributed by atoms with van der Waals surface area (Å²) in [7, 11) is 0. The molecule has 1 N–H and O–H groups in total. The summed E-state index contributed by atoms with van der Waals surface area (Å²) in [5.74, 6) is 1.81. The molecule has 1 aromatic heterocycles. The molecular weight excluding hydrogens is 341 g/mol. The molecule has 0 saturated heterocycles. The molecule has 3 nitrogen and oxygen atoms in total. The minimum Gasteiger partial charge on any atom is -0.492 e. The molecule has 4 heteroatoms. The van der Waals surface area contributed by atoms with E-state index < -0.39 is 0 Å². The number of anilines is 1. The Balaban J connectivity index is 2.08. The fraction of sp³-hybridized carbons (Fsp3) is 0.286. The van der Waals surface area contributed by atoms with Crippen LogP contribution < -0.4 is 10.1 Å². The number of ether oxygens (including phenoxy) is 1.